The van der Waals surface area contributed by atoms with E-state index in [9.17, 15) is 0 Å². The van der Waals surface area contributed by atoms with Crippen molar-refractivity contribution in [2.45, 2.75) is 26.5 Å². The van der Waals surface area contributed by atoms with Crippen molar-refractivity contribution in [3.05, 3.63) is 29.6 Å². The average Bonchev–Trinajstić information content (AvgIpc) is 2.71. The first-order chi connectivity index (χ1) is 7.85. The first-order valence-corrected chi connectivity index (χ1v) is 5.59. The van der Waals surface area contributed by atoms with Gasteiger partial charge in [-0.1, -0.05) is 19.1 Å². The van der Waals surface area contributed by atoms with Crippen LogP contribution in [0, 0.1) is 0 Å². The molecule has 1 aromatic heterocycles. The van der Waals surface area contributed by atoms with Crippen molar-refractivity contribution in [1.82, 2.24) is 9.97 Å². The number of aromatic nitrogens is 2. The van der Waals surface area contributed by atoms with Crippen LogP contribution in [0.15, 0.2) is 18.2 Å². The van der Waals surface area contributed by atoms with Gasteiger partial charge in [-0.2, -0.15) is 0 Å². The summed E-state index contributed by atoms with van der Waals surface area (Å²) in [5.74, 6) is 0.865. The van der Waals surface area contributed by atoms with Crippen LogP contribution < -0.4 is 5.73 Å². The van der Waals surface area contributed by atoms with E-state index in [0.717, 1.165) is 35.4 Å². The number of benzene rings is 1. The molecule has 0 unspecified atom stereocenters. The normalized spacial score (nSPS) is 11.1. The van der Waals surface area contributed by atoms with E-state index in [1.54, 1.807) is 0 Å². The minimum Gasteiger partial charge on any atom is -0.374 e. The minimum absolute atomic E-state index is 0.511. The summed E-state index contributed by atoms with van der Waals surface area (Å²) in [4.78, 5) is 7.73. The van der Waals surface area contributed by atoms with E-state index in [0.29, 0.717) is 13.2 Å². The number of aromatic amines is 1. The summed E-state index contributed by atoms with van der Waals surface area (Å²) in [6.45, 7) is 3.90. The fourth-order valence-corrected chi connectivity index (χ4v) is 1.69. The fraction of sp³-hybridized carbons (Fsp3) is 0.417. The molecule has 4 nitrogen and oxygen atoms in total. The van der Waals surface area contributed by atoms with Crippen LogP contribution in [0.3, 0.4) is 0 Å². The zero-order chi connectivity index (χ0) is 11.4. The van der Waals surface area contributed by atoms with Crippen molar-refractivity contribution in [2.24, 2.45) is 5.73 Å². The van der Waals surface area contributed by atoms with Crippen LogP contribution in [-0.2, 0) is 17.9 Å². The molecular formula is C12H17N3O. The molecule has 0 fully saturated rings. The molecule has 0 aliphatic carbocycles. The first kappa shape index (κ1) is 11.1. The lowest BCUT2D eigenvalue weighted by Crippen LogP contribution is -1.97. The summed E-state index contributed by atoms with van der Waals surface area (Å²) < 4.78 is 5.45. The van der Waals surface area contributed by atoms with Crippen LogP contribution in [0.1, 0.15) is 24.7 Å². The van der Waals surface area contributed by atoms with E-state index >= 15 is 0 Å². The molecule has 3 N–H and O–H groups in total. The van der Waals surface area contributed by atoms with Gasteiger partial charge in [-0.25, -0.2) is 4.98 Å². The molecule has 16 heavy (non-hydrogen) atoms. The quantitative estimate of drug-likeness (QED) is 0.755. The number of hydrogen-bond acceptors (Lipinski definition) is 3. The summed E-state index contributed by atoms with van der Waals surface area (Å²) in [6.07, 6.45) is 1.02. The van der Waals surface area contributed by atoms with E-state index in [1.807, 2.05) is 18.2 Å². The number of imidazole rings is 1. The van der Waals surface area contributed by atoms with Crippen molar-refractivity contribution < 1.29 is 4.74 Å². The Labute approximate surface area is 94.8 Å². The molecule has 1 heterocycles. The molecule has 0 radical (unpaired) electrons. The van der Waals surface area contributed by atoms with Crippen LogP contribution in [0.25, 0.3) is 11.0 Å². The molecule has 1 aromatic carbocycles. The second-order valence-electron chi connectivity index (χ2n) is 3.75. The second-order valence-corrected chi connectivity index (χ2v) is 3.75. The van der Waals surface area contributed by atoms with Crippen LogP contribution >= 0.6 is 0 Å². The predicted octanol–water partition coefficient (Wildman–Crippen LogP) is 1.95. The monoisotopic (exact) mass is 219 g/mol. The molecule has 86 valence electrons. The molecule has 0 saturated carbocycles. The maximum absolute atomic E-state index is 5.66. The van der Waals surface area contributed by atoms with Crippen LogP contribution in [-0.4, -0.2) is 16.6 Å². The standard InChI is InChI=1S/C12H17N3O/c1-2-6-16-8-11-14-10-5-3-4-9(7-13)12(10)15-11/h3-5H,2,6-8,13H2,1H3,(H,14,15). The molecule has 2 rings (SSSR count). The van der Waals surface area contributed by atoms with Gasteiger partial charge in [0.15, 0.2) is 0 Å². The highest BCUT2D eigenvalue weighted by Gasteiger charge is 2.05. The topological polar surface area (TPSA) is 63.9 Å². The molecule has 0 spiro atoms. The van der Waals surface area contributed by atoms with Gasteiger partial charge in [0.2, 0.25) is 0 Å². The number of nitrogens with one attached hydrogen (secondary N) is 1. The third-order valence-electron chi connectivity index (χ3n) is 2.45. The van der Waals surface area contributed by atoms with Gasteiger partial charge < -0.3 is 15.5 Å². The van der Waals surface area contributed by atoms with Crippen molar-refractivity contribution in [3.8, 4) is 0 Å². The van der Waals surface area contributed by atoms with E-state index in [1.165, 1.54) is 0 Å². The van der Waals surface area contributed by atoms with Gasteiger partial charge >= 0.3 is 0 Å². The fourth-order valence-electron chi connectivity index (χ4n) is 1.69. The third kappa shape index (κ3) is 2.23. The van der Waals surface area contributed by atoms with Crippen molar-refractivity contribution in [2.75, 3.05) is 6.61 Å². The van der Waals surface area contributed by atoms with Crippen LogP contribution in [0.4, 0.5) is 0 Å². The summed E-state index contributed by atoms with van der Waals surface area (Å²) in [7, 11) is 0. The van der Waals surface area contributed by atoms with E-state index in [2.05, 4.69) is 16.9 Å². The maximum atomic E-state index is 5.66. The number of nitrogens with two attached hydrogens (primary N) is 1. The Kier molecular flexibility index (Phi) is 3.54. The highest BCUT2D eigenvalue weighted by atomic mass is 16.5. The molecule has 0 aliphatic heterocycles. The predicted molar refractivity (Wildman–Crippen MR) is 63.9 cm³/mol. The average molecular weight is 219 g/mol. The summed E-state index contributed by atoms with van der Waals surface area (Å²) in [5, 5.41) is 0. The summed E-state index contributed by atoms with van der Waals surface area (Å²) >= 11 is 0. The number of para-hydroxylation sites is 1. The molecule has 4 heteroatoms. The van der Waals surface area contributed by atoms with Crippen molar-refractivity contribution in [1.29, 1.82) is 0 Å². The first-order valence-electron chi connectivity index (χ1n) is 5.59. The second kappa shape index (κ2) is 5.09. The van der Waals surface area contributed by atoms with Gasteiger partial charge in [-0.3, -0.25) is 0 Å². The molecule has 0 aliphatic rings. The maximum Gasteiger partial charge on any atom is 0.133 e. The Bertz CT molecular complexity index is 464. The molecule has 0 atom stereocenters. The highest BCUT2D eigenvalue weighted by Crippen LogP contribution is 2.16. The van der Waals surface area contributed by atoms with Crippen LogP contribution in [0.2, 0.25) is 0 Å². The number of H-pyrrole nitrogens is 1. The van der Waals surface area contributed by atoms with Crippen molar-refractivity contribution >= 4 is 11.0 Å². The number of fused-ring (bicyclic) bond motifs is 1. The smallest absolute Gasteiger partial charge is 0.133 e. The third-order valence-corrected chi connectivity index (χ3v) is 2.45. The molecule has 0 amide bonds. The minimum atomic E-state index is 0.511. The summed E-state index contributed by atoms with van der Waals surface area (Å²) in [6, 6.07) is 5.99. The molecule has 0 bridgehead atoms. The Morgan fingerprint density at radius 1 is 1.44 bits per heavy atom. The lowest BCUT2D eigenvalue weighted by molar-refractivity contribution is 0.117. The van der Waals surface area contributed by atoms with Gasteiger partial charge in [-0.05, 0) is 18.1 Å². The zero-order valence-electron chi connectivity index (χ0n) is 9.49. The number of nitrogens with zero attached hydrogens (tertiary/aromatic N) is 1. The van der Waals surface area contributed by atoms with Gasteiger partial charge in [0, 0.05) is 13.2 Å². The van der Waals surface area contributed by atoms with E-state index < -0.39 is 0 Å². The lowest BCUT2D eigenvalue weighted by Gasteiger charge is -1.97. The largest absolute Gasteiger partial charge is 0.374 e. The SMILES string of the molecule is CCCOCc1nc2c(CN)cccc2[nH]1. The Morgan fingerprint density at radius 3 is 3.06 bits per heavy atom. The molecular weight excluding hydrogens is 202 g/mol. The van der Waals surface area contributed by atoms with Crippen LogP contribution in [0.5, 0.6) is 0 Å². The number of hydrogen-bond donors (Lipinski definition) is 2. The summed E-state index contributed by atoms with van der Waals surface area (Å²) in [5.41, 5.74) is 8.71. The van der Waals surface area contributed by atoms with Gasteiger partial charge in [-0.15, -0.1) is 0 Å². The molecule has 0 saturated heterocycles. The zero-order valence-corrected chi connectivity index (χ0v) is 9.49. The Hall–Kier alpha value is -1.39. The van der Waals surface area contributed by atoms with E-state index in [4.69, 9.17) is 10.5 Å². The lowest BCUT2D eigenvalue weighted by atomic mass is 10.2. The number of ether oxygens (including phenoxy) is 1. The Balaban J connectivity index is 2.22. The number of rotatable bonds is 5. The van der Waals surface area contributed by atoms with Gasteiger partial charge in [0.25, 0.3) is 0 Å². The highest BCUT2D eigenvalue weighted by molar-refractivity contribution is 5.78. The Morgan fingerprint density at radius 2 is 2.31 bits per heavy atom. The molecule has 2 aromatic rings. The van der Waals surface area contributed by atoms with E-state index in [-0.39, 0.29) is 0 Å². The van der Waals surface area contributed by atoms with Crippen molar-refractivity contribution in [3.63, 3.8) is 0 Å². The van der Waals surface area contributed by atoms with Gasteiger partial charge in [0.1, 0.15) is 12.4 Å². The van der Waals surface area contributed by atoms with Gasteiger partial charge in [0.05, 0.1) is 11.0 Å².